The van der Waals surface area contributed by atoms with Crippen molar-refractivity contribution >= 4 is 0 Å². The van der Waals surface area contributed by atoms with Crippen LogP contribution in [0.3, 0.4) is 0 Å². The van der Waals surface area contributed by atoms with Crippen molar-refractivity contribution in [3.8, 4) is 0 Å². The van der Waals surface area contributed by atoms with E-state index in [1.807, 2.05) is 60.7 Å². The van der Waals surface area contributed by atoms with E-state index >= 15 is 0 Å². The van der Waals surface area contributed by atoms with Gasteiger partial charge in [-0.25, -0.2) is 0 Å². The summed E-state index contributed by atoms with van der Waals surface area (Å²) in [4.78, 5) is 2.42. The second-order valence-corrected chi connectivity index (χ2v) is 8.02. The van der Waals surface area contributed by atoms with Gasteiger partial charge in [0.25, 0.3) is 0 Å². The van der Waals surface area contributed by atoms with E-state index in [4.69, 9.17) is 0 Å². The Hall–Kier alpha value is -3.20. The number of hydrogen-bond donors (Lipinski definition) is 1. The normalized spacial score (nSPS) is 11.5. The van der Waals surface area contributed by atoms with Gasteiger partial charge >= 0.3 is 0 Å². The standard InChI is InChI=1S/C29H29NO/c31-29(27-17-9-3-10-18-27,28-19-11-4-12-20-28)21-22-30(23-25-13-5-1-6-14-25)24-26-15-7-2-8-16-26/h1-20,31H,21-24H2. The van der Waals surface area contributed by atoms with Gasteiger partial charge in [-0.05, 0) is 28.7 Å². The number of rotatable bonds is 9. The summed E-state index contributed by atoms with van der Waals surface area (Å²) < 4.78 is 0. The zero-order chi connectivity index (χ0) is 21.4. The third kappa shape index (κ3) is 5.49. The molecule has 0 saturated heterocycles. The molecule has 31 heavy (non-hydrogen) atoms. The maximum Gasteiger partial charge on any atom is 0.116 e. The molecule has 0 aliphatic heterocycles. The van der Waals surface area contributed by atoms with Crippen molar-refractivity contribution < 1.29 is 5.11 Å². The molecule has 0 atom stereocenters. The van der Waals surface area contributed by atoms with Gasteiger partial charge in [-0.15, -0.1) is 0 Å². The fraction of sp³-hybridized carbons (Fsp3) is 0.172. The van der Waals surface area contributed by atoms with Crippen LogP contribution in [0.4, 0.5) is 0 Å². The Labute approximate surface area is 185 Å². The summed E-state index contributed by atoms with van der Waals surface area (Å²) >= 11 is 0. The Bertz CT molecular complexity index is 952. The molecular weight excluding hydrogens is 378 g/mol. The first-order chi connectivity index (χ1) is 15.2. The lowest BCUT2D eigenvalue weighted by molar-refractivity contribution is 0.0549. The van der Waals surface area contributed by atoms with E-state index in [0.29, 0.717) is 6.42 Å². The lowest BCUT2D eigenvalue weighted by Crippen LogP contribution is -2.34. The fourth-order valence-electron chi connectivity index (χ4n) is 4.10. The van der Waals surface area contributed by atoms with E-state index in [9.17, 15) is 5.11 Å². The highest BCUT2D eigenvalue weighted by Gasteiger charge is 2.31. The molecule has 0 amide bonds. The van der Waals surface area contributed by atoms with Crippen LogP contribution in [-0.4, -0.2) is 16.6 Å². The highest BCUT2D eigenvalue weighted by atomic mass is 16.3. The Balaban J connectivity index is 1.59. The van der Waals surface area contributed by atoms with Crippen LogP contribution in [0.25, 0.3) is 0 Å². The summed E-state index contributed by atoms with van der Waals surface area (Å²) in [6.45, 7) is 2.45. The van der Waals surface area contributed by atoms with Crippen molar-refractivity contribution in [2.24, 2.45) is 0 Å². The van der Waals surface area contributed by atoms with Gasteiger partial charge in [-0.3, -0.25) is 4.90 Å². The summed E-state index contributed by atoms with van der Waals surface area (Å²) in [5, 5.41) is 11.9. The SMILES string of the molecule is OC(CCN(Cc1ccccc1)Cc1ccccc1)(c1ccccc1)c1ccccc1. The van der Waals surface area contributed by atoms with Crippen LogP contribution in [0.5, 0.6) is 0 Å². The Morgan fingerprint density at radius 1 is 0.516 bits per heavy atom. The van der Waals surface area contributed by atoms with Gasteiger partial charge in [0.2, 0.25) is 0 Å². The molecule has 0 unspecified atom stereocenters. The first kappa shape index (κ1) is 21.0. The first-order valence-electron chi connectivity index (χ1n) is 10.9. The molecule has 4 aromatic rings. The molecule has 0 aliphatic rings. The van der Waals surface area contributed by atoms with Gasteiger partial charge in [-0.1, -0.05) is 121 Å². The van der Waals surface area contributed by atoms with Crippen LogP contribution in [0.1, 0.15) is 28.7 Å². The monoisotopic (exact) mass is 407 g/mol. The predicted octanol–water partition coefficient (Wildman–Crippen LogP) is 6.02. The molecular formula is C29H29NO. The lowest BCUT2D eigenvalue weighted by Gasteiger charge is -2.32. The second-order valence-electron chi connectivity index (χ2n) is 8.02. The molecule has 0 radical (unpaired) electrons. The molecule has 2 heteroatoms. The molecule has 0 bridgehead atoms. The maximum atomic E-state index is 11.9. The summed E-state index contributed by atoms with van der Waals surface area (Å²) in [6, 6.07) is 41.1. The van der Waals surface area contributed by atoms with Crippen molar-refractivity contribution in [1.29, 1.82) is 0 Å². The average Bonchev–Trinajstić information content (AvgIpc) is 2.85. The molecule has 1 N–H and O–H groups in total. The largest absolute Gasteiger partial charge is 0.380 e. The topological polar surface area (TPSA) is 23.5 Å². The van der Waals surface area contributed by atoms with Crippen molar-refractivity contribution in [3.63, 3.8) is 0 Å². The number of benzene rings is 4. The van der Waals surface area contributed by atoms with Crippen molar-refractivity contribution in [2.45, 2.75) is 25.1 Å². The molecule has 2 nitrogen and oxygen atoms in total. The molecule has 0 aliphatic carbocycles. The van der Waals surface area contributed by atoms with Gasteiger partial charge in [0, 0.05) is 19.6 Å². The van der Waals surface area contributed by atoms with E-state index in [1.165, 1.54) is 11.1 Å². The van der Waals surface area contributed by atoms with Gasteiger partial charge in [0.05, 0.1) is 0 Å². The fourth-order valence-corrected chi connectivity index (χ4v) is 4.10. The minimum atomic E-state index is -1.03. The summed E-state index contributed by atoms with van der Waals surface area (Å²) in [6.07, 6.45) is 0.612. The van der Waals surface area contributed by atoms with Crippen LogP contribution in [-0.2, 0) is 18.7 Å². The van der Waals surface area contributed by atoms with Crippen LogP contribution in [0.2, 0.25) is 0 Å². The van der Waals surface area contributed by atoms with E-state index in [-0.39, 0.29) is 0 Å². The van der Waals surface area contributed by atoms with Gasteiger partial charge in [0.15, 0.2) is 0 Å². The number of hydrogen-bond acceptors (Lipinski definition) is 2. The molecule has 0 saturated carbocycles. The molecule has 156 valence electrons. The smallest absolute Gasteiger partial charge is 0.116 e. The van der Waals surface area contributed by atoms with Crippen LogP contribution < -0.4 is 0 Å². The molecule has 4 rings (SSSR count). The minimum absolute atomic E-state index is 0.612. The van der Waals surface area contributed by atoms with E-state index in [1.54, 1.807) is 0 Å². The third-order valence-electron chi connectivity index (χ3n) is 5.79. The number of aliphatic hydroxyl groups is 1. The Kier molecular flexibility index (Phi) is 6.93. The quantitative estimate of drug-likeness (QED) is 0.367. The Morgan fingerprint density at radius 3 is 1.26 bits per heavy atom. The van der Waals surface area contributed by atoms with Crippen molar-refractivity contribution in [1.82, 2.24) is 4.90 Å². The van der Waals surface area contributed by atoms with Gasteiger partial charge < -0.3 is 5.11 Å². The molecule has 0 fully saturated rings. The zero-order valence-corrected chi connectivity index (χ0v) is 17.8. The van der Waals surface area contributed by atoms with Crippen LogP contribution in [0.15, 0.2) is 121 Å². The molecule has 0 aromatic heterocycles. The van der Waals surface area contributed by atoms with Gasteiger partial charge in [0.1, 0.15) is 5.60 Å². The first-order valence-corrected chi connectivity index (χ1v) is 10.9. The van der Waals surface area contributed by atoms with E-state index in [0.717, 1.165) is 30.8 Å². The van der Waals surface area contributed by atoms with E-state index in [2.05, 4.69) is 65.6 Å². The predicted molar refractivity (Wildman–Crippen MR) is 127 cm³/mol. The highest BCUT2D eigenvalue weighted by Crippen LogP contribution is 2.33. The van der Waals surface area contributed by atoms with Gasteiger partial charge in [-0.2, -0.15) is 0 Å². The van der Waals surface area contributed by atoms with Crippen LogP contribution in [0, 0.1) is 0 Å². The maximum absolute atomic E-state index is 11.9. The third-order valence-corrected chi connectivity index (χ3v) is 5.79. The number of nitrogens with zero attached hydrogens (tertiary/aromatic N) is 1. The minimum Gasteiger partial charge on any atom is -0.380 e. The molecule has 0 spiro atoms. The molecule has 4 aromatic carbocycles. The second kappa shape index (κ2) is 10.2. The lowest BCUT2D eigenvalue weighted by atomic mass is 9.83. The summed E-state index contributed by atoms with van der Waals surface area (Å²) in [5.41, 5.74) is 3.39. The zero-order valence-electron chi connectivity index (χ0n) is 17.8. The van der Waals surface area contributed by atoms with Crippen LogP contribution >= 0.6 is 0 Å². The van der Waals surface area contributed by atoms with Crippen molar-refractivity contribution in [3.05, 3.63) is 144 Å². The van der Waals surface area contributed by atoms with E-state index < -0.39 is 5.60 Å². The average molecular weight is 408 g/mol. The highest BCUT2D eigenvalue weighted by molar-refractivity contribution is 5.36. The summed E-state index contributed by atoms with van der Waals surface area (Å²) in [5.74, 6) is 0. The van der Waals surface area contributed by atoms with Crippen molar-refractivity contribution in [2.75, 3.05) is 6.54 Å². The Morgan fingerprint density at radius 2 is 0.871 bits per heavy atom. The summed E-state index contributed by atoms with van der Waals surface area (Å²) in [7, 11) is 0. The molecule has 0 heterocycles.